The van der Waals surface area contributed by atoms with Gasteiger partial charge in [0.25, 0.3) is 0 Å². The molecular formula is C16H25NO3. The highest BCUT2D eigenvalue weighted by Gasteiger charge is 2.19. The first kappa shape index (κ1) is 16.3. The van der Waals surface area contributed by atoms with Crippen molar-refractivity contribution >= 4 is 11.7 Å². The molecule has 0 fully saturated rings. The van der Waals surface area contributed by atoms with Crippen LogP contribution in [0.2, 0.25) is 0 Å². The maximum absolute atomic E-state index is 12.2. The third-order valence-electron chi connectivity index (χ3n) is 3.25. The van der Waals surface area contributed by atoms with Crippen molar-refractivity contribution in [3.8, 4) is 5.75 Å². The maximum atomic E-state index is 12.2. The lowest BCUT2D eigenvalue weighted by Crippen LogP contribution is -2.17. The number of carbonyl (C=O) groups is 1. The highest BCUT2D eigenvalue weighted by Crippen LogP contribution is 2.25. The summed E-state index contributed by atoms with van der Waals surface area (Å²) >= 11 is 0. The zero-order valence-corrected chi connectivity index (χ0v) is 12.6. The van der Waals surface area contributed by atoms with E-state index in [1.54, 1.807) is 18.2 Å². The first-order chi connectivity index (χ1) is 9.60. The molecule has 0 aromatic heterocycles. The normalized spacial score (nSPS) is 11.9. The number of carbonyl (C=O) groups excluding carboxylic acids is 1. The van der Waals surface area contributed by atoms with E-state index in [2.05, 4.69) is 6.92 Å². The predicted molar refractivity (Wildman–Crippen MR) is 81.0 cm³/mol. The molecule has 0 radical (unpaired) electrons. The van der Waals surface area contributed by atoms with Crippen molar-refractivity contribution in [2.45, 2.75) is 52.1 Å². The third-order valence-corrected chi connectivity index (χ3v) is 3.25. The van der Waals surface area contributed by atoms with Crippen LogP contribution in [0, 0.1) is 0 Å². The molecule has 0 bridgehead atoms. The summed E-state index contributed by atoms with van der Waals surface area (Å²) in [6.07, 6.45) is 5.44. The van der Waals surface area contributed by atoms with Crippen molar-refractivity contribution in [1.82, 2.24) is 0 Å². The van der Waals surface area contributed by atoms with E-state index in [4.69, 9.17) is 15.2 Å². The van der Waals surface area contributed by atoms with Gasteiger partial charge in [-0.2, -0.15) is 0 Å². The van der Waals surface area contributed by atoms with Crippen molar-refractivity contribution in [3.63, 3.8) is 0 Å². The maximum Gasteiger partial charge on any atom is 0.344 e. The number of anilines is 1. The molecule has 20 heavy (non-hydrogen) atoms. The minimum atomic E-state index is -0.414. The molecule has 1 rings (SSSR count). The summed E-state index contributed by atoms with van der Waals surface area (Å²) < 4.78 is 10.6. The second-order valence-corrected chi connectivity index (χ2v) is 4.99. The van der Waals surface area contributed by atoms with Gasteiger partial charge in [-0.05, 0) is 31.9 Å². The lowest BCUT2D eigenvalue weighted by molar-refractivity contribution is 0.0317. The quantitative estimate of drug-likeness (QED) is 0.447. The molecule has 0 saturated carbocycles. The Hall–Kier alpha value is -1.71. The van der Waals surface area contributed by atoms with Crippen LogP contribution in [0.3, 0.4) is 0 Å². The number of hydrogen-bond donors (Lipinski definition) is 1. The average Bonchev–Trinajstić information content (AvgIpc) is 2.43. The van der Waals surface area contributed by atoms with Gasteiger partial charge in [0.05, 0.1) is 13.2 Å². The number of nitrogen functional groups attached to an aromatic ring is 1. The topological polar surface area (TPSA) is 61.5 Å². The Bertz CT molecular complexity index is 432. The van der Waals surface area contributed by atoms with Crippen LogP contribution in [0.4, 0.5) is 5.69 Å². The zero-order chi connectivity index (χ0) is 15.0. The van der Waals surface area contributed by atoms with Crippen molar-refractivity contribution < 1.29 is 14.3 Å². The molecule has 0 heterocycles. The molecule has 2 N–H and O–H groups in total. The average molecular weight is 279 g/mol. The SMILES string of the molecule is CCCCCCC(C)OC(=O)c1c(N)cccc1OC. The smallest absolute Gasteiger partial charge is 0.344 e. The molecular weight excluding hydrogens is 254 g/mol. The number of benzene rings is 1. The van der Waals surface area contributed by atoms with E-state index in [1.165, 1.54) is 26.4 Å². The Balaban J connectivity index is 2.58. The fourth-order valence-electron chi connectivity index (χ4n) is 2.10. The fraction of sp³-hybridized carbons (Fsp3) is 0.562. The molecule has 0 spiro atoms. The van der Waals surface area contributed by atoms with Gasteiger partial charge in [0, 0.05) is 5.69 Å². The first-order valence-electron chi connectivity index (χ1n) is 7.23. The summed E-state index contributed by atoms with van der Waals surface area (Å²) in [5.41, 5.74) is 6.53. The van der Waals surface area contributed by atoms with E-state index in [1.807, 2.05) is 6.92 Å². The highest BCUT2D eigenvalue weighted by atomic mass is 16.5. The number of unbranched alkanes of at least 4 members (excludes halogenated alkanes) is 3. The monoisotopic (exact) mass is 279 g/mol. The summed E-state index contributed by atoms with van der Waals surface area (Å²) in [6, 6.07) is 5.13. The largest absolute Gasteiger partial charge is 0.496 e. The van der Waals surface area contributed by atoms with Crippen molar-refractivity contribution in [2.24, 2.45) is 0 Å². The molecule has 4 nitrogen and oxygen atoms in total. The minimum absolute atomic E-state index is 0.108. The van der Waals surface area contributed by atoms with Crippen LogP contribution in [0.1, 0.15) is 56.3 Å². The number of methoxy groups -OCH3 is 1. The standard InChI is InChI=1S/C16H25NO3/c1-4-5-6-7-9-12(2)20-16(18)15-13(17)10-8-11-14(15)19-3/h8,10-12H,4-7,9,17H2,1-3H3. The van der Waals surface area contributed by atoms with E-state index in [-0.39, 0.29) is 6.10 Å². The minimum Gasteiger partial charge on any atom is -0.496 e. The van der Waals surface area contributed by atoms with E-state index in [0.717, 1.165) is 12.8 Å². The van der Waals surface area contributed by atoms with E-state index in [9.17, 15) is 4.79 Å². The molecule has 1 unspecified atom stereocenters. The summed E-state index contributed by atoms with van der Waals surface area (Å²) in [5.74, 6) is 0.0381. The van der Waals surface area contributed by atoms with Gasteiger partial charge in [0.1, 0.15) is 11.3 Å². The van der Waals surface area contributed by atoms with Crippen LogP contribution in [-0.4, -0.2) is 19.2 Å². The number of hydrogen-bond acceptors (Lipinski definition) is 4. The number of rotatable bonds is 8. The van der Waals surface area contributed by atoms with Gasteiger partial charge in [-0.3, -0.25) is 0 Å². The lowest BCUT2D eigenvalue weighted by Gasteiger charge is -2.15. The molecule has 0 amide bonds. The van der Waals surface area contributed by atoms with Gasteiger partial charge in [-0.15, -0.1) is 0 Å². The second-order valence-electron chi connectivity index (χ2n) is 4.99. The lowest BCUT2D eigenvalue weighted by atomic mass is 10.1. The predicted octanol–water partition coefficient (Wildman–Crippen LogP) is 3.79. The van der Waals surface area contributed by atoms with Crippen molar-refractivity contribution in [1.29, 1.82) is 0 Å². The van der Waals surface area contributed by atoms with E-state index in [0.29, 0.717) is 17.0 Å². The number of nitrogens with two attached hydrogens (primary N) is 1. The summed E-state index contributed by atoms with van der Waals surface area (Å²) in [7, 11) is 1.51. The Labute approximate surface area is 121 Å². The zero-order valence-electron chi connectivity index (χ0n) is 12.6. The molecule has 0 aliphatic rings. The summed E-state index contributed by atoms with van der Waals surface area (Å²) in [5, 5.41) is 0. The summed E-state index contributed by atoms with van der Waals surface area (Å²) in [4.78, 5) is 12.2. The fourth-order valence-corrected chi connectivity index (χ4v) is 2.10. The first-order valence-corrected chi connectivity index (χ1v) is 7.23. The Morgan fingerprint density at radius 3 is 2.70 bits per heavy atom. The van der Waals surface area contributed by atoms with E-state index < -0.39 is 5.97 Å². The van der Waals surface area contributed by atoms with Gasteiger partial charge in [-0.1, -0.05) is 32.3 Å². The van der Waals surface area contributed by atoms with Crippen molar-refractivity contribution in [3.05, 3.63) is 23.8 Å². The molecule has 1 atom stereocenters. The molecule has 0 aliphatic heterocycles. The molecule has 1 aromatic rings. The van der Waals surface area contributed by atoms with Gasteiger partial charge < -0.3 is 15.2 Å². The highest BCUT2D eigenvalue weighted by molar-refractivity contribution is 5.98. The molecule has 112 valence electrons. The van der Waals surface area contributed by atoms with Gasteiger partial charge in [-0.25, -0.2) is 4.79 Å². The van der Waals surface area contributed by atoms with Crippen LogP contribution >= 0.6 is 0 Å². The summed E-state index contributed by atoms with van der Waals surface area (Å²) in [6.45, 7) is 4.09. The van der Waals surface area contributed by atoms with Crippen LogP contribution in [-0.2, 0) is 4.74 Å². The Kier molecular flexibility index (Phi) is 6.91. The Morgan fingerprint density at radius 2 is 2.05 bits per heavy atom. The Morgan fingerprint density at radius 1 is 1.30 bits per heavy atom. The number of esters is 1. The number of ether oxygens (including phenoxy) is 2. The molecule has 4 heteroatoms. The van der Waals surface area contributed by atoms with Crippen LogP contribution in [0.5, 0.6) is 5.75 Å². The van der Waals surface area contributed by atoms with Gasteiger partial charge >= 0.3 is 5.97 Å². The molecule has 0 aliphatic carbocycles. The van der Waals surface area contributed by atoms with Crippen LogP contribution in [0.15, 0.2) is 18.2 Å². The molecule has 0 saturated heterocycles. The van der Waals surface area contributed by atoms with Crippen LogP contribution in [0.25, 0.3) is 0 Å². The van der Waals surface area contributed by atoms with Crippen molar-refractivity contribution in [2.75, 3.05) is 12.8 Å². The third kappa shape index (κ3) is 4.76. The van der Waals surface area contributed by atoms with Gasteiger partial charge in [0.2, 0.25) is 0 Å². The second kappa shape index (κ2) is 8.46. The molecule has 1 aromatic carbocycles. The van der Waals surface area contributed by atoms with Crippen LogP contribution < -0.4 is 10.5 Å². The van der Waals surface area contributed by atoms with E-state index >= 15 is 0 Å². The van der Waals surface area contributed by atoms with Gasteiger partial charge in [0.15, 0.2) is 0 Å².